The fourth-order valence-corrected chi connectivity index (χ4v) is 29.7. The Hall–Kier alpha value is -12.8. The lowest BCUT2D eigenvalue weighted by atomic mass is 9.51. The lowest BCUT2D eigenvalue weighted by molar-refractivity contribution is -0.660. The van der Waals surface area contributed by atoms with Crippen LogP contribution in [0, 0.1) is 55.4 Å². The highest BCUT2D eigenvalue weighted by molar-refractivity contribution is 5.82. The first kappa shape index (κ1) is 92.9. The van der Waals surface area contributed by atoms with Gasteiger partial charge in [0.2, 0.25) is 22.8 Å². The molecule has 0 saturated heterocycles. The van der Waals surface area contributed by atoms with Crippen LogP contribution in [-0.2, 0) is 71.5 Å². The SMILES string of the molecule is Cc1c[n+](C)c(-c2ccccc2C)cc1-c1ccc2c(c1)C(C)(C)c1ccccc1C2(C)C.Cc1c[n+](C)c(-c2ccccc2C)cc1-c1ccc2c(c1)C1(CC1)c1ccccc1C21CC1.Cc1c[n+](C)c(-c2ccccc2C)cc1-c1ccc2c(c1)C1(CCCC1)c1ccccc1C21CCCC1.Cc1c[n+](C)c(-c2ccccc2C)cc1-c1ccc2c(c1)C1(CCCCC1)c1ccccc1C21CCCCC1. The van der Waals surface area contributed by atoms with Crippen LogP contribution in [0.25, 0.3) is 89.5 Å². The second kappa shape index (κ2) is 35.7. The summed E-state index contributed by atoms with van der Waals surface area (Å²) in [6.45, 7) is 27.3. The van der Waals surface area contributed by atoms with E-state index in [1.807, 2.05) is 0 Å². The van der Waals surface area contributed by atoms with E-state index in [2.05, 4.69) is 446 Å². The van der Waals surface area contributed by atoms with Crippen LogP contribution in [0.15, 0.2) is 316 Å². The first-order chi connectivity index (χ1) is 68.7. The summed E-state index contributed by atoms with van der Waals surface area (Å²) in [5.41, 5.74) is 58.4. The number of nitrogens with zero attached hydrogens (tertiary/aromatic N) is 4. The minimum absolute atomic E-state index is 0.00946. The number of fused-ring (bicyclic) bond motifs is 20. The van der Waals surface area contributed by atoms with E-state index in [9.17, 15) is 0 Å². The lowest BCUT2D eigenvalue weighted by Crippen LogP contribution is -2.44. The third kappa shape index (κ3) is 15.0. The van der Waals surface area contributed by atoms with Gasteiger partial charge in [-0.25, -0.2) is 18.3 Å². The van der Waals surface area contributed by atoms with Gasteiger partial charge >= 0.3 is 0 Å². The smallest absolute Gasteiger partial charge is 0.201 e. The second-order valence-electron chi connectivity index (χ2n) is 46.2. The van der Waals surface area contributed by atoms with Gasteiger partial charge in [0, 0.05) is 112 Å². The summed E-state index contributed by atoms with van der Waals surface area (Å²) in [6, 6.07) is 112. The van der Waals surface area contributed by atoms with Crippen LogP contribution >= 0.6 is 0 Å². The molecule has 0 atom stereocenters. The zero-order valence-corrected chi connectivity index (χ0v) is 87.4. The minimum atomic E-state index is -0.0380. The van der Waals surface area contributed by atoms with Crippen molar-refractivity contribution in [3.05, 3.63) is 449 Å². The van der Waals surface area contributed by atoms with Crippen molar-refractivity contribution in [3.63, 3.8) is 0 Å². The molecule has 0 bridgehead atoms. The third-order valence-corrected chi connectivity index (χ3v) is 37.3. The molecule has 10 aliphatic rings. The van der Waals surface area contributed by atoms with E-state index in [-0.39, 0.29) is 43.3 Å². The van der Waals surface area contributed by atoms with Gasteiger partial charge in [-0.2, -0.15) is 0 Å². The molecule has 0 aliphatic heterocycles. The summed E-state index contributed by atoms with van der Waals surface area (Å²) in [5.74, 6) is 0. The molecule has 4 heterocycles. The van der Waals surface area contributed by atoms with Crippen LogP contribution < -0.4 is 18.3 Å². The Kier molecular flexibility index (Phi) is 23.3. The number of aromatic nitrogens is 4. The average Bonchev–Trinajstić information content (AvgIpc) is 1.50. The van der Waals surface area contributed by atoms with E-state index in [4.69, 9.17) is 0 Å². The van der Waals surface area contributed by atoms with Crippen molar-refractivity contribution < 1.29 is 18.3 Å². The normalized spacial score (nSPS) is 18.0. The van der Waals surface area contributed by atoms with Crippen LogP contribution in [0.1, 0.15) is 302 Å². The lowest BCUT2D eigenvalue weighted by Gasteiger charge is -2.52. The molecule has 712 valence electrons. The Morgan fingerprint density at radius 1 is 0.162 bits per heavy atom. The number of aryl methyl sites for hydroxylation is 12. The highest BCUT2D eigenvalue weighted by Gasteiger charge is 2.61. The maximum absolute atomic E-state index is 2.65. The summed E-state index contributed by atoms with van der Waals surface area (Å²) in [6.07, 6.45) is 38.2. The summed E-state index contributed by atoms with van der Waals surface area (Å²) < 4.78 is 9.12. The largest absolute Gasteiger partial charge is 0.213 e. The van der Waals surface area contributed by atoms with Crippen molar-refractivity contribution >= 4 is 0 Å². The maximum Gasteiger partial charge on any atom is 0.213 e. The van der Waals surface area contributed by atoms with Crippen molar-refractivity contribution in [1.82, 2.24) is 0 Å². The molecule has 12 aromatic carbocycles. The first-order valence-corrected chi connectivity index (χ1v) is 54.0. The molecule has 0 unspecified atom stereocenters. The minimum Gasteiger partial charge on any atom is -0.201 e. The van der Waals surface area contributed by atoms with Gasteiger partial charge in [0.1, 0.15) is 28.2 Å². The molecule has 6 saturated carbocycles. The molecule has 10 aliphatic carbocycles. The Morgan fingerprint density at radius 2 is 0.345 bits per heavy atom. The average molecular weight is 1860 g/mol. The van der Waals surface area contributed by atoms with E-state index >= 15 is 0 Å². The molecular formula is C138H144N4+4. The van der Waals surface area contributed by atoms with E-state index in [0.717, 1.165) is 0 Å². The molecule has 0 amide bonds. The number of pyridine rings is 4. The van der Waals surface area contributed by atoms with Gasteiger partial charge in [-0.3, -0.25) is 0 Å². The van der Waals surface area contributed by atoms with Gasteiger partial charge in [-0.05, 0) is 337 Å². The van der Waals surface area contributed by atoms with E-state index in [1.165, 1.54) is 298 Å². The summed E-state index contributed by atoms with van der Waals surface area (Å²) in [4.78, 5) is 0. The van der Waals surface area contributed by atoms with Crippen LogP contribution in [0.3, 0.4) is 0 Å². The standard InChI is InChI=1S/C38H42N.C36H38N.C32H30N.C32H34N/c1-27-14-6-7-15-30(27)36-25-31(28(2)26-39(36)3)29-18-19-34-35(24-29)38(22-12-5-13-23-38)33-17-9-8-16-32(33)37(34)20-10-4-11-21-37;1-25-12-4-5-13-28(25)34-23-29(26(2)24-37(34)3)27-16-17-32-33(22-27)36(20-10-11-21-36)31-15-7-6-14-30(31)35(32)18-8-9-19-35;1-21-8-4-5-9-24(21)30-19-25(22(2)20-33(30)3)23-12-13-28-29(18-23)32(16-17-32)27-11-7-6-10-26(27)31(28)14-15-31;1-21-12-8-9-13-24(21)30-19-25(22(2)20-33(30)7)23-16-17-28-29(18-23)32(5,6)27-15-11-10-14-26(27)31(28,3)4/h6-9,14-19,24-26H,4-5,10-13,20-23H2,1-3H3;4-7,12-17,22-24H,8-11,18-21H2,1-3H3;4-13,18-20H,14-17H2,1-3H3;8-20H,1-7H3/q4*+1. The molecule has 4 heteroatoms. The summed E-state index contributed by atoms with van der Waals surface area (Å²) in [7, 11) is 8.68. The van der Waals surface area contributed by atoms with Crippen LogP contribution in [0.5, 0.6) is 0 Å². The highest BCUT2D eigenvalue weighted by Crippen LogP contribution is 2.69. The Labute approximate surface area is 847 Å². The zero-order chi connectivity index (χ0) is 97.7. The number of hydrogen-bond donors (Lipinski definition) is 0. The highest BCUT2D eigenvalue weighted by atomic mass is 14.9. The van der Waals surface area contributed by atoms with Gasteiger partial charge < -0.3 is 0 Å². The molecule has 6 fully saturated rings. The van der Waals surface area contributed by atoms with Gasteiger partial charge in [0.05, 0.1) is 0 Å². The first-order valence-electron chi connectivity index (χ1n) is 54.0. The number of hydrogen-bond acceptors (Lipinski definition) is 0. The van der Waals surface area contributed by atoms with Crippen LogP contribution in [0.2, 0.25) is 0 Å². The maximum atomic E-state index is 2.65. The molecule has 16 aromatic rings. The predicted octanol–water partition coefficient (Wildman–Crippen LogP) is 32.1. The van der Waals surface area contributed by atoms with Gasteiger partial charge in [0.25, 0.3) is 0 Å². The molecule has 26 rings (SSSR count). The summed E-state index contributed by atoms with van der Waals surface area (Å²) >= 11 is 0. The Bertz CT molecular complexity index is 7510. The summed E-state index contributed by atoms with van der Waals surface area (Å²) in [5, 5.41) is 0. The molecule has 4 nitrogen and oxygen atoms in total. The topological polar surface area (TPSA) is 15.5 Å². The number of benzene rings is 12. The molecular weight excluding hydrogens is 1710 g/mol. The fourth-order valence-electron chi connectivity index (χ4n) is 29.7. The van der Waals surface area contributed by atoms with Crippen molar-refractivity contribution in [2.45, 2.75) is 268 Å². The Balaban J connectivity index is 0.000000105. The van der Waals surface area contributed by atoms with Crippen LogP contribution in [0.4, 0.5) is 0 Å². The third-order valence-electron chi connectivity index (χ3n) is 37.3. The monoisotopic (exact) mass is 1860 g/mol. The quantitative estimate of drug-likeness (QED) is 0.135. The molecule has 0 N–H and O–H groups in total. The van der Waals surface area contributed by atoms with Crippen molar-refractivity contribution in [2.75, 3.05) is 0 Å². The second-order valence-corrected chi connectivity index (χ2v) is 46.2. The molecule has 0 radical (unpaired) electrons. The van der Waals surface area contributed by atoms with Gasteiger partial charge in [0.15, 0.2) is 24.8 Å². The van der Waals surface area contributed by atoms with Crippen molar-refractivity contribution in [3.8, 4) is 89.5 Å². The fraction of sp³-hybridized carbons (Fsp3) is 0.333. The van der Waals surface area contributed by atoms with E-state index in [0.29, 0.717) is 0 Å². The molecule has 6 spiro atoms. The van der Waals surface area contributed by atoms with Crippen LogP contribution in [-0.4, -0.2) is 0 Å². The zero-order valence-electron chi connectivity index (χ0n) is 87.4. The Morgan fingerprint density at radius 3 is 0.599 bits per heavy atom. The van der Waals surface area contributed by atoms with E-state index in [1.54, 1.807) is 66.8 Å². The van der Waals surface area contributed by atoms with Gasteiger partial charge in [-0.15, -0.1) is 0 Å². The van der Waals surface area contributed by atoms with Crippen molar-refractivity contribution in [2.24, 2.45) is 28.2 Å². The predicted molar refractivity (Wildman–Crippen MR) is 588 cm³/mol. The molecule has 142 heavy (non-hydrogen) atoms. The van der Waals surface area contributed by atoms with Gasteiger partial charge in [-0.1, -0.05) is 310 Å². The van der Waals surface area contributed by atoms with Crippen molar-refractivity contribution in [1.29, 1.82) is 0 Å². The van der Waals surface area contributed by atoms with E-state index < -0.39 is 0 Å². The molecule has 4 aromatic heterocycles. The number of rotatable bonds is 8.